The van der Waals surface area contributed by atoms with Gasteiger partial charge in [0, 0.05) is 0 Å². The molecule has 0 fully saturated rings. The van der Waals surface area contributed by atoms with Crippen molar-refractivity contribution in [2.45, 2.75) is 6.61 Å². The number of tetrazole rings is 1. The molecule has 0 aliphatic carbocycles. The van der Waals surface area contributed by atoms with Gasteiger partial charge in [0.1, 0.15) is 10.6 Å². The van der Waals surface area contributed by atoms with E-state index in [1.165, 1.54) is 4.80 Å². The molecule has 0 aliphatic rings. The molecule has 102 valence electrons. The van der Waals surface area contributed by atoms with Gasteiger partial charge in [-0.05, 0) is 17.3 Å². The highest BCUT2D eigenvalue weighted by atomic mass is 32.1. The van der Waals surface area contributed by atoms with Gasteiger partial charge in [-0.3, -0.25) is 0 Å². The summed E-state index contributed by atoms with van der Waals surface area (Å²) in [6.07, 6.45) is 0. The van der Waals surface area contributed by atoms with Crippen molar-refractivity contribution in [3.63, 3.8) is 0 Å². The topological polar surface area (TPSA) is 92.0 Å². The molecule has 2 N–H and O–H groups in total. The van der Waals surface area contributed by atoms with Gasteiger partial charge in [-0.1, -0.05) is 24.4 Å². The molecule has 0 saturated heterocycles. The van der Waals surface area contributed by atoms with Gasteiger partial charge in [0.25, 0.3) is 0 Å². The van der Waals surface area contributed by atoms with Crippen LogP contribution in [0.3, 0.4) is 0 Å². The van der Waals surface area contributed by atoms with Crippen molar-refractivity contribution in [2.24, 2.45) is 12.8 Å². The number of aromatic nitrogens is 4. The van der Waals surface area contributed by atoms with E-state index < -0.39 is 0 Å². The number of furan rings is 1. The van der Waals surface area contributed by atoms with E-state index >= 15 is 0 Å². The zero-order valence-corrected chi connectivity index (χ0v) is 11.4. The maximum atomic E-state index is 5.71. The van der Waals surface area contributed by atoms with Gasteiger partial charge in [0.15, 0.2) is 12.4 Å². The smallest absolute Gasteiger partial charge is 0.212 e. The third-order valence-electron chi connectivity index (χ3n) is 2.67. The normalized spacial score (nSPS) is 10.8. The number of nitrogens with two attached hydrogens (primary N) is 1. The first kappa shape index (κ1) is 12.5. The minimum atomic E-state index is 0.142. The SMILES string of the molecule is Cn1nnc(COc2c(C(N)=S)oc3ccccc23)n1. The largest absolute Gasteiger partial charge is 0.481 e. The Balaban J connectivity index is 1.96. The van der Waals surface area contributed by atoms with Gasteiger partial charge in [0.05, 0.1) is 12.4 Å². The fraction of sp³-hybridized carbons (Fsp3) is 0.167. The van der Waals surface area contributed by atoms with Crippen molar-refractivity contribution in [1.82, 2.24) is 20.2 Å². The zero-order chi connectivity index (χ0) is 14.1. The Morgan fingerprint density at radius 1 is 1.45 bits per heavy atom. The van der Waals surface area contributed by atoms with Crippen molar-refractivity contribution in [3.05, 3.63) is 35.9 Å². The summed E-state index contributed by atoms with van der Waals surface area (Å²) in [6, 6.07) is 7.45. The Labute approximate surface area is 119 Å². The van der Waals surface area contributed by atoms with E-state index in [4.69, 9.17) is 27.1 Å². The fourth-order valence-corrected chi connectivity index (χ4v) is 1.98. The van der Waals surface area contributed by atoms with Crippen LogP contribution in [-0.4, -0.2) is 25.2 Å². The molecule has 2 aromatic heterocycles. The molecule has 8 heteroatoms. The number of rotatable bonds is 4. The van der Waals surface area contributed by atoms with E-state index in [-0.39, 0.29) is 11.6 Å². The van der Waals surface area contributed by atoms with E-state index in [0.717, 1.165) is 5.39 Å². The molecule has 0 bridgehead atoms. The van der Waals surface area contributed by atoms with E-state index in [1.54, 1.807) is 7.05 Å². The third kappa shape index (κ3) is 2.21. The van der Waals surface area contributed by atoms with Crippen molar-refractivity contribution in [2.75, 3.05) is 0 Å². The molecular formula is C12H11N5O2S. The van der Waals surface area contributed by atoms with Gasteiger partial charge in [-0.15, -0.1) is 10.2 Å². The number of fused-ring (bicyclic) bond motifs is 1. The minimum Gasteiger partial charge on any atom is -0.481 e. The second-order valence-corrected chi connectivity index (χ2v) is 4.54. The molecule has 3 aromatic rings. The maximum Gasteiger partial charge on any atom is 0.212 e. The number of benzene rings is 1. The average Bonchev–Trinajstić information content (AvgIpc) is 3.00. The summed E-state index contributed by atoms with van der Waals surface area (Å²) < 4.78 is 11.3. The summed E-state index contributed by atoms with van der Waals surface area (Å²) >= 11 is 4.98. The van der Waals surface area contributed by atoms with Crippen LogP contribution in [0.2, 0.25) is 0 Å². The van der Waals surface area contributed by atoms with Crippen molar-refractivity contribution in [1.29, 1.82) is 0 Å². The molecule has 0 atom stereocenters. The van der Waals surface area contributed by atoms with Crippen LogP contribution in [0.1, 0.15) is 11.6 Å². The van der Waals surface area contributed by atoms with Crippen LogP contribution >= 0.6 is 12.2 Å². The molecule has 20 heavy (non-hydrogen) atoms. The van der Waals surface area contributed by atoms with Crippen molar-refractivity contribution in [3.8, 4) is 5.75 Å². The Morgan fingerprint density at radius 3 is 2.95 bits per heavy atom. The lowest BCUT2D eigenvalue weighted by Gasteiger charge is -2.03. The molecule has 0 saturated carbocycles. The number of hydrogen-bond acceptors (Lipinski definition) is 6. The fourth-order valence-electron chi connectivity index (χ4n) is 1.85. The van der Waals surface area contributed by atoms with Crippen LogP contribution < -0.4 is 10.5 Å². The molecule has 2 heterocycles. The number of aryl methyl sites for hydroxylation is 1. The first-order valence-corrected chi connectivity index (χ1v) is 6.23. The number of para-hydroxylation sites is 1. The van der Waals surface area contributed by atoms with E-state index in [2.05, 4.69) is 15.4 Å². The second-order valence-electron chi connectivity index (χ2n) is 4.10. The Hall–Kier alpha value is -2.48. The van der Waals surface area contributed by atoms with Gasteiger partial charge >= 0.3 is 0 Å². The molecule has 0 unspecified atom stereocenters. The van der Waals surface area contributed by atoms with Crippen LogP contribution in [-0.2, 0) is 13.7 Å². The predicted octanol–water partition coefficient (Wildman–Crippen LogP) is 1.17. The molecular weight excluding hydrogens is 278 g/mol. The maximum absolute atomic E-state index is 5.71. The van der Waals surface area contributed by atoms with Gasteiger partial charge in [-0.2, -0.15) is 4.80 Å². The lowest BCUT2D eigenvalue weighted by Crippen LogP contribution is -2.10. The zero-order valence-electron chi connectivity index (χ0n) is 10.6. The van der Waals surface area contributed by atoms with E-state index in [9.17, 15) is 0 Å². The summed E-state index contributed by atoms with van der Waals surface area (Å²) in [5.74, 6) is 1.32. The first-order chi connectivity index (χ1) is 9.65. The lowest BCUT2D eigenvalue weighted by atomic mass is 10.2. The summed E-state index contributed by atoms with van der Waals surface area (Å²) in [5, 5.41) is 12.4. The number of hydrogen-bond donors (Lipinski definition) is 1. The molecule has 0 radical (unpaired) electrons. The van der Waals surface area contributed by atoms with Crippen LogP contribution in [0.5, 0.6) is 5.75 Å². The van der Waals surface area contributed by atoms with Crippen molar-refractivity contribution >= 4 is 28.2 Å². The lowest BCUT2D eigenvalue weighted by molar-refractivity contribution is 0.294. The van der Waals surface area contributed by atoms with Crippen LogP contribution in [0, 0.1) is 0 Å². The predicted molar refractivity (Wildman–Crippen MR) is 75.2 cm³/mol. The molecule has 0 amide bonds. The summed E-state index contributed by atoms with van der Waals surface area (Å²) in [5.41, 5.74) is 6.33. The molecule has 0 aliphatic heterocycles. The summed E-state index contributed by atoms with van der Waals surface area (Å²) in [4.78, 5) is 1.50. The van der Waals surface area contributed by atoms with Crippen LogP contribution in [0.4, 0.5) is 0 Å². The Bertz CT molecular complexity index is 779. The van der Waals surface area contributed by atoms with Gasteiger partial charge in [0.2, 0.25) is 11.6 Å². The van der Waals surface area contributed by atoms with Gasteiger partial charge < -0.3 is 14.9 Å². The highest BCUT2D eigenvalue weighted by molar-refractivity contribution is 7.80. The van der Waals surface area contributed by atoms with Crippen LogP contribution in [0.15, 0.2) is 28.7 Å². The third-order valence-corrected chi connectivity index (χ3v) is 2.85. The van der Waals surface area contributed by atoms with E-state index in [0.29, 0.717) is 22.9 Å². The Morgan fingerprint density at radius 2 is 2.25 bits per heavy atom. The molecule has 1 aromatic carbocycles. The number of thiocarbonyl (C=S) groups is 1. The summed E-state index contributed by atoms with van der Waals surface area (Å²) in [7, 11) is 1.68. The number of ether oxygens (including phenoxy) is 1. The number of nitrogens with zero attached hydrogens (tertiary/aromatic N) is 4. The van der Waals surface area contributed by atoms with Crippen molar-refractivity contribution < 1.29 is 9.15 Å². The minimum absolute atomic E-state index is 0.142. The van der Waals surface area contributed by atoms with Gasteiger partial charge in [-0.25, -0.2) is 0 Å². The average molecular weight is 289 g/mol. The molecule has 7 nitrogen and oxygen atoms in total. The second kappa shape index (κ2) is 4.89. The molecule has 3 rings (SSSR count). The highest BCUT2D eigenvalue weighted by Crippen LogP contribution is 2.33. The van der Waals surface area contributed by atoms with Crippen LogP contribution in [0.25, 0.3) is 11.0 Å². The quantitative estimate of drug-likeness (QED) is 0.721. The first-order valence-electron chi connectivity index (χ1n) is 5.82. The standard InChI is InChI=1S/C12H11N5O2S/c1-17-15-9(14-16-17)6-18-10-7-4-2-3-5-8(7)19-11(10)12(13)20/h2-5H,6H2,1H3,(H2,13,20). The molecule has 0 spiro atoms. The monoisotopic (exact) mass is 289 g/mol. The Kier molecular flexibility index (Phi) is 3.07. The highest BCUT2D eigenvalue weighted by Gasteiger charge is 2.18. The summed E-state index contributed by atoms with van der Waals surface area (Å²) in [6.45, 7) is 0.160. The van der Waals surface area contributed by atoms with E-state index in [1.807, 2.05) is 24.3 Å².